The van der Waals surface area contributed by atoms with Crippen molar-refractivity contribution in [3.63, 3.8) is 0 Å². The number of nitrogens with zero attached hydrogens (tertiary/aromatic N) is 3. The van der Waals surface area contributed by atoms with E-state index in [2.05, 4.69) is 9.97 Å². The molecule has 0 spiro atoms. The van der Waals surface area contributed by atoms with Crippen molar-refractivity contribution >= 4 is 11.7 Å². The lowest BCUT2D eigenvalue weighted by Gasteiger charge is -2.34. The molecule has 1 aliphatic heterocycles. The van der Waals surface area contributed by atoms with Gasteiger partial charge in [0.25, 0.3) is 0 Å². The van der Waals surface area contributed by atoms with Gasteiger partial charge in [-0.15, -0.1) is 0 Å². The number of nitrogens with two attached hydrogens (primary N) is 1. The molecule has 2 heterocycles. The minimum absolute atomic E-state index is 0.111. The normalized spacial score (nSPS) is 20.7. The van der Waals surface area contributed by atoms with E-state index in [-0.39, 0.29) is 5.91 Å². The van der Waals surface area contributed by atoms with Gasteiger partial charge in [-0.3, -0.25) is 4.79 Å². The van der Waals surface area contributed by atoms with E-state index in [1.54, 1.807) is 6.07 Å². The summed E-state index contributed by atoms with van der Waals surface area (Å²) in [4.78, 5) is 23.7. The van der Waals surface area contributed by atoms with Crippen LogP contribution in [0.5, 0.6) is 0 Å². The number of carbonyl (C=O) groups is 1. The predicted molar refractivity (Wildman–Crippen MR) is 89.6 cm³/mol. The molecule has 0 saturated carbocycles. The fraction of sp³-hybridized carbons (Fsp3) is 0.389. The molecular weight excluding hydrogens is 288 g/mol. The molecule has 0 radical (unpaired) electrons. The summed E-state index contributed by atoms with van der Waals surface area (Å²) >= 11 is 0. The van der Waals surface area contributed by atoms with Crippen molar-refractivity contribution in [2.45, 2.75) is 38.6 Å². The SMILES string of the molecule is Cc1cc(N)nc([C@@]2(C)CCCN2C(=O)Cc2ccccc2)n1. The largest absolute Gasteiger partial charge is 0.384 e. The zero-order valence-corrected chi connectivity index (χ0v) is 13.6. The third-order valence-corrected chi connectivity index (χ3v) is 4.50. The maximum Gasteiger partial charge on any atom is 0.227 e. The Labute approximate surface area is 136 Å². The van der Waals surface area contributed by atoms with E-state index in [0.29, 0.717) is 18.1 Å². The summed E-state index contributed by atoms with van der Waals surface area (Å²) in [6.07, 6.45) is 2.21. The first-order valence-electron chi connectivity index (χ1n) is 7.95. The molecule has 1 aromatic heterocycles. The minimum Gasteiger partial charge on any atom is -0.384 e. The molecule has 0 aliphatic carbocycles. The van der Waals surface area contributed by atoms with Crippen molar-refractivity contribution in [3.05, 3.63) is 53.5 Å². The van der Waals surface area contributed by atoms with E-state index in [1.165, 1.54) is 0 Å². The van der Waals surface area contributed by atoms with Crippen LogP contribution in [0.15, 0.2) is 36.4 Å². The second kappa shape index (κ2) is 5.99. The van der Waals surface area contributed by atoms with Crippen molar-refractivity contribution in [2.75, 3.05) is 12.3 Å². The summed E-state index contributed by atoms with van der Waals surface area (Å²) in [5.74, 6) is 1.21. The van der Waals surface area contributed by atoms with E-state index in [1.807, 2.05) is 49.1 Å². The summed E-state index contributed by atoms with van der Waals surface area (Å²) in [5.41, 5.74) is 7.25. The second-order valence-corrected chi connectivity index (χ2v) is 6.34. The van der Waals surface area contributed by atoms with E-state index >= 15 is 0 Å². The number of hydrogen-bond donors (Lipinski definition) is 1. The summed E-state index contributed by atoms with van der Waals surface area (Å²) < 4.78 is 0. The molecule has 3 rings (SSSR count). The quantitative estimate of drug-likeness (QED) is 0.945. The highest BCUT2D eigenvalue weighted by molar-refractivity contribution is 5.80. The third kappa shape index (κ3) is 3.04. The maximum absolute atomic E-state index is 12.8. The minimum atomic E-state index is -0.480. The Morgan fingerprint density at radius 2 is 2.04 bits per heavy atom. The fourth-order valence-electron chi connectivity index (χ4n) is 3.30. The zero-order chi connectivity index (χ0) is 16.4. The van der Waals surface area contributed by atoms with Gasteiger partial charge in [0.1, 0.15) is 5.82 Å². The van der Waals surface area contributed by atoms with Crippen LogP contribution < -0.4 is 5.73 Å². The van der Waals surface area contributed by atoms with Crippen molar-refractivity contribution in [3.8, 4) is 0 Å². The van der Waals surface area contributed by atoms with Gasteiger partial charge in [-0.1, -0.05) is 30.3 Å². The number of carbonyl (C=O) groups excluding carboxylic acids is 1. The molecule has 1 amide bonds. The van der Waals surface area contributed by atoms with Crippen molar-refractivity contribution in [1.82, 2.24) is 14.9 Å². The highest BCUT2D eigenvalue weighted by atomic mass is 16.2. The van der Waals surface area contributed by atoms with Gasteiger partial charge in [0.15, 0.2) is 5.82 Å². The molecule has 1 saturated heterocycles. The molecule has 2 N–H and O–H groups in total. The van der Waals surface area contributed by atoms with E-state index in [0.717, 1.165) is 30.6 Å². The Morgan fingerprint density at radius 1 is 1.30 bits per heavy atom. The van der Waals surface area contributed by atoms with Gasteiger partial charge in [-0.05, 0) is 32.3 Å². The Hall–Kier alpha value is -2.43. The topological polar surface area (TPSA) is 72.1 Å². The molecule has 5 heteroatoms. The van der Waals surface area contributed by atoms with E-state index < -0.39 is 5.54 Å². The van der Waals surface area contributed by atoms with Crippen LogP contribution in [0.25, 0.3) is 0 Å². The summed E-state index contributed by atoms with van der Waals surface area (Å²) in [7, 11) is 0. The lowest BCUT2D eigenvalue weighted by molar-refractivity contribution is -0.134. The van der Waals surface area contributed by atoms with Gasteiger partial charge in [-0.2, -0.15) is 0 Å². The molecule has 1 fully saturated rings. The monoisotopic (exact) mass is 310 g/mol. The third-order valence-electron chi connectivity index (χ3n) is 4.50. The number of likely N-dealkylation sites (tertiary alicyclic amines) is 1. The van der Waals surface area contributed by atoms with E-state index in [9.17, 15) is 4.79 Å². The Bertz CT molecular complexity index is 696. The summed E-state index contributed by atoms with van der Waals surface area (Å²) in [6.45, 7) is 4.67. The number of amides is 1. The molecule has 1 aliphatic rings. The van der Waals surface area contributed by atoms with Crippen molar-refractivity contribution < 1.29 is 4.79 Å². The first kappa shape index (κ1) is 15.5. The van der Waals surface area contributed by atoms with Crippen LogP contribution >= 0.6 is 0 Å². The van der Waals surface area contributed by atoms with Crippen LogP contribution in [0.1, 0.15) is 36.8 Å². The first-order valence-corrected chi connectivity index (χ1v) is 7.95. The zero-order valence-electron chi connectivity index (χ0n) is 13.6. The second-order valence-electron chi connectivity index (χ2n) is 6.34. The highest BCUT2D eigenvalue weighted by Gasteiger charge is 2.43. The molecule has 1 atom stereocenters. The lowest BCUT2D eigenvalue weighted by Crippen LogP contribution is -2.44. The number of anilines is 1. The molecule has 5 nitrogen and oxygen atoms in total. The summed E-state index contributed by atoms with van der Waals surface area (Å²) in [5, 5.41) is 0. The number of rotatable bonds is 3. The van der Waals surface area contributed by atoms with Gasteiger partial charge in [0.2, 0.25) is 5.91 Å². The predicted octanol–water partition coefficient (Wildman–Crippen LogP) is 2.45. The van der Waals surface area contributed by atoms with Crippen molar-refractivity contribution in [1.29, 1.82) is 0 Å². The smallest absolute Gasteiger partial charge is 0.227 e. The van der Waals surface area contributed by atoms with Gasteiger partial charge < -0.3 is 10.6 Å². The average molecular weight is 310 g/mol. The molecule has 23 heavy (non-hydrogen) atoms. The number of aryl methyl sites for hydroxylation is 1. The highest BCUT2D eigenvalue weighted by Crippen LogP contribution is 2.37. The Balaban J connectivity index is 1.88. The lowest BCUT2D eigenvalue weighted by atomic mass is 9.96. The van der Waals surface area contributed by atoms with Crippen LogP contribution in [0.3, 0.4) is 0 Å². The summed E-state index contributed by atoms with van der Waals surface area (Å²) in [6, 6.07) is 11.6. The Kier molecular flexibility index (Phi) is 4.03. The average Bonchev–Trinajstić information content (AvgIpc) is 2.91. The molecule has 0 bridgehead atoms. The molecule has 0 unspecified atom stereocenters. The van der Waals surface area contributed by atoms with Crippen LogP contribution in [-0.4, -0.2) is 27.3 Å². The number of aromatic nitrogens is 2. The van der Waals surface area contributed by atoms with Gasteiger partial charge in [0, 0.05) is 18.3 Å². The van der Waals surface area contributed by atoms with Crippen LogP contribution in [0.2, 0.25) is 0 Å². The van der Waals surface area contributed by atoms with Crippen LogP contribution in [0.4, 0.5) is 5.82 Å². The molecule has 1 aromatic carbocycles. The fourth-order valence-corrected chi connectivity index (χ4v) is 3.30. The Morgan fingerprint density at radius 3 is 2.74 bits per heavy atom. The van der Waals surface area contributed by atoms with E-state index in [4.69, 9.17) is 5.73 Å². The van der Waals surface area contributed by atoms with Gasteiger partial charge in [0.05, 0.1) is 12.0 Å². The number of benzene rings is 1. The van der Waals surface area contributed by atoms with Crippen LogP contribution in [0, 0.1) is 6.92 Å². The van der Waals surface area contributed by atoms with Gasteiger partial charge in [-0.25, -0.2) is 9.97 Å². The van der Waals surface area contributed by atoms with Crippen LogP contribution in [-0.2, 0) is 16.8 Å². The van der Waals surface area contributed by atoms with Gasteiger partial charge >= 0.3 is 0 Å². The number of nitrogen functional groups attached to an aromatic ring is 1. The maximum atomic E-state index is 12.8. The van der Waals surface area contributed by atoms with Crippen molar-refractivity contribution in [2.24, 2.45) is 0 Å². The molecular formula is C18H22N4O. The number of hydrogen-bond acceptors (Lipinski definition) is 4. The molecule has 2 aromatic rings. The first-order chi connectivity index (χ1) is 11.0. The molecule has 120 valence electrons. The standard InChI is InChI=1S/C18H22N4O/c1-13-11-15(19)21-17(20-13)18(2)9-6-10-22(18)16(23)12-14-7-4-3-5-8-14/h3-5,7-8,11H,6,9-10,12H2,1-2H3,(H2,19,20,21)/t18-/m1/s1.